The number of quaternary nitrogens is 1. The summed E-state index contributed by atoms with van der Waals surface area (Å²) in [5.74, 6) is 0.728. The molecule has 6 heteroatoms. The number of rotatable bonds is 6. The third kappa shape index (κ3) is 4.80. The molecule has 3 aromatic carbocycles. The van der Waals surface area contributed by atoms with E-state index in [4.69, 9.17) is 21.6 Å². The number of halogens is 1. The molecule has 0 bridgehead atoms. The summed E-state index contributed by atoms with van der Waals surface area (Å²) in [5.41, 5.74) is 2.13. The summed E-state index contributed by atoms with van der Waals surface area (Å²) in [5, 5.41) is 14.3. The number of anilines is 1. The van der Waals surface area contributed by atoms with Gasteiger partial charge in [0, 0.05) is 11.3 Å². The van der Waals surface area contributed by atoms with Crippen LogP contribution in [-0.4, -0.2) is 26.6 Å². The number of amides is 1. The van der Waals surface area contributed by atoms with Gasteiger partial charge in [0.25, 0.3) is 5.91 Å². The highest BCUT2D eigenvalue weighted by atomic mass is 35.5. The van der Waals surface area contributed by atoms with E-state index in [1.807, 2.05) is 31.3 Å². The van der Waals surface area contributed by atoms with Crippen LogP contribution in [0, 0.1) is 11.3 Å². The van der Waals surface area contributed by atoms with E-state index in [0.29, 0.717) is 22.8 Å². The standard InChI is InChI=1S/C22H20ClN3O2/c1-26(14-22(27)25-19-7-5-18(12-24)21(23)11-19)13-15-3-4-17-10-20(28-2)8-6-16(17)9-15/h3-11H,13-14H2,1-2H3,(H,25,27)/p+1. The third-order valence-electron chi connectivity index (χ3n) is 4.45. The van der Waals surface area contributed by atoms with Gasteiger partial charge in [-0.1, -0.05) is 29.8 Å². The zero-order chi connectivity index (χ0) is 20.1. The monoisotopic (exact) mass is 394 g/mol. The topological polar surface area (TPSA) is 66.6 Å². The number of hydrogen-bond acceptors (Lipinski definition) is 3. The smallest absolute Gasteiger partial charge is 0.279 e. The Morgan fingerprint density at radius 2 is 1.89 bits per heavy atom. The quantitative estimate of drug-likeness (QED) is 0.675. The Balaban J connectivity index is 1.61. The summed E-state index contributed by atoms with van der Waals surface area (Å²) >= 11 is 6.01. The molecule has 0 aliphatic carbocycles. The van der Waals surface area contributed by atoms with Crippen molar-refractivity contribution in [2.45, 2.75) is 6.54 Å². The highest BCUT2D eigenvalue weighted by molar-refractivity contribution is 6.32. The number of ether oxygens (including phenoxy) is 1. The van der Waals surface area contributed by atoms with Crippen LogP contribution in [0.25, 0.3) is 10.8 Å². The Morgan fingerprint density at radius 3 is 2.61 bits per heavy atom. The molecule has 0 radical (unpaired) electrons. The second-order valence-corrected chi connectivity index (χ2v) is 7.12. The van der Waals surface area contributed by atoms with Crippen LogP contribution in [0.5, 0.6) is 5.75 Å². The van der Waals surface area contributed by atoms with E-state index in [-0.39, 0.29) is 5.91 Å². The van der Waals surface area contributed by atoms with Crippen LogP contribution >= 0.6 is 11.6 Å². The van der Waals surface area contributed by atoms with Gasteiger partial charge in [-0.15, -0.1) is 0 Å². The molecule has 1 atom stereocenters. The lowest BCUT2D eigenvalue weighted by Gasteiger charge is -2.14. The van der Waals surface area contributed by atoms with Crippen molar-refractivity contribution in [3.8, 4) is 11.8 Å². The van der Waals surface area contributed by atoms with Crippen LogP contribution in [0.1, 0.15) is 11.1 Å². The number of methoxy groups -OCH3 is 1. The Hall–Kier alpha value is -3.07. The lowest BCUT2D eigenvalue weighted by Crippen LogP contribution is -3.08. The lowest BCUT2D eigenvalue weighted by atomic mass is 10.1. The van der Waals surface area contributed by atoms with E-state index in [2.05, 4.69) is 23.5 Å². The minimum absolute atomic E-state index is 0.108. The van der Waals surface area contributed by atoms with Gasteiger partial charge in [-0.3, -0.25) is 4.79 Å². The summed E-state index contributed by atoms with van der Waals surface area (Å²) in [6.45, 7) is 1.04. The van der Waals surface area contributed by atoms with Crippen LogP contribution in [0.3, 0.4) is 0 Å². The molecule has 3 rings (SSSR count). The minimum Gasteiger partial charge on any atom is -0.497 e. The number of carbonyl (C=O) groups excluding carboxylic acids is 1. The fraction of sp³-hybridized carbons (Fsp3) is 0.182. The van der Waals surface area contributed by atoms with Crippen molar-refractivity contribution in [3.63, 3.8) is 0 Å². The van der Waals surface area contributed by atoms with Gasteiger partial charge < -0.3 is 15.0 Å². The molecule has 0 saturated heterocycles. The molecule has 1 unspecified atom stereocenters. The van der Waals surface area contributed by atoms with E-state index in [1.165, 1.54) is 0 Å². The number of benzene rings is 3. The summed E-state index contributed by atoms with van der Waals surface area (Å²) < 4.78 is 5.26. The predicted molar refractivity (Wildman–Crippen MR) is 111 cm³/mol. The Morgan fingerprint density at radius 1 is 1.14 bits per heavy atom. The fourth-order valence-corrected chi connectivity index (χ4v) is 3.31. The van der Waals surface area contributed by atoms with Crippen molar-refractivity contribution in [3.05, 3.63) is 70.7 Å². The summed E-state index contributed by atoms with van der Waals surface area (Å²) in [6, 6.07) is 19.1. The summed E-state index contributed by atoms with van der Waals surface area (Å²) in [4.78, 5) is 13.4. The highest BCUT2D eigenvalue weighted by Gasteiger charge is 2.12. The van der Waals surface area contributed by atoms with Gasteiger partial charge in [-0.05, 0) is 47.2 Å². The Bertz CT molecular complexity index is 1060. The summed E-state index contributed by atoms with van der Waals surface area (Å²) in [7, 11) is 3.63. The number of nitrogens with zero attached hydrogens (tertiary/aromatic N) is 1. The van der Waals surface area contributed by atoms with Crippen molar-refractivity contribution in [2.75, 3.05) is 26.0 Å². The van der Waals surface area contributed by atoms with E-state index in [9.17, 15) is 4.79 Å². The first kappa shape index (κ1) is 19.7. The van der Waals surface area contributed by atoms with Crippen LogP contribution in [0.2, 0.25) is 5.02 Å². The second kappa shape index (κ2) is 8.75. The average Bonchev–Trinajstić information content (AvgIpc) is 2.67. The van der Waals surface area contributed by atoms with Crippen LogP contribution in [0.4, 0.5) is 5.69 Å². The van der Waals surface area contributed by atoms with Crippen molar-refractivity contribution >= 4 is 34.0 Å². The first-order valence-corrected chi connectivity index (χ1v) is 9.24. The predicted octanol–water partition coefficient (Wildman–Crippen LogP) is 3.03. The van der Waals surface area contributed by atoms with Gasteiger partial charge in [0.2, 0.25) is 0 Å². The SMILES string of the molecule is COc1ccc2cc(C[NH+](C)CC(=O)Nc3ccc(C#N)c(Cl)c3)ccc2c1. The fourth-order valence-electron chi connectivity index (χ4n) is 3.08. The highest BCUT2D eigenvalue weighted by Crippen LogP contribution is 2.22. The molecule has 0 aliphatic rings. The van der Waals surface area contributed by atoms with Crippen molar-refractivity contribution in [1.29, 1.82) is 5.26 Å². The van der Waals surface area contributed by atoms with Crippen molar-refractivity contribution in [2.24, 2.45) is 0 Å². The molecule has 0 spiro atoms. The molecule has 0 saturated carbocycles. The Kier molecular flexibility index (Phi) is 6.15. The van der Waals surface area contributed by atoms with Gasteiger partial charge in [0.05, 0.1) is 24.7 Å². The van der Waals surface area contributed by atoms with Gasteiger partial charge in [-0.25, -0.2) is 0 Å². The van der Waals surface area contributed by atoms with E-state index < -0.39 is 0 Å². The molecule has 0 aromatic heterocycles. The van der Waals surface area contributed by atoms with E-state index in [1.54, 1.807) is 25.3 Å². The van der Waals surface area contributed by atoms with E-state index in [0.717, 1.165) is 33.5 Å². The molecular weight excluding hydrogens is 374 g/mol. The lowest BCUT2D eigenvalue weighted by molar-refractivity contribution is -0.885. The molecule has 2 N–H and O–H groups in total. The zero-order valence-corrected chi connectivity index (χ0v) is 16.5. The maximum atomic E-state index is 12.3. The molecule has 0 aliphatic heterocycles. The van der Waals surface area contributed by atoms with Gasteiger partial charge in [0.1, 0.15) is 18.4 Å². The normalized spacial score (nSPS) is 11.6. The average molecular weight is 395 g/mol. The number of nitrogens with one attached hydrogen (secondary N) is 2. The molecule has 0 heterocycles. The molecule has 3 aromatic rings. The zero-order valence-electron chi connectivity index (χ0n) is 15.8. The Labute approximate surface area is 169 Å². The van der Waals surface area contributed by atoms with Crippen molar-refractivity contribution < 1.29 is 14.4 Å². The first-order chi connectivity index (χ1) is 13.5. The van der Waals surface area contributed by atoms with E-state index >= 15 is 0 Å². The van der Waals surface area contributed by atoms with Crippen LogP contribution in [-0.2, 0) is 11.3 Å². The minimum atomic E-state index is -0.108. The molecule has 142 valence electrons. The molecule has 0 fully saturated rings. The van der Waals surface area contributed by atoms with Crippen LogP contribution < -0.4 is 15.0 Å². The first-order valence-electron chi connectivity index (χ1n) is 8.86. The molecular formula is C22H21ClN3O2+. The number of nitriles is 1. The number of hydrogen-bond donors (Lipinski definition) is 2. The van der Waals surface area contributed by atoms with Crippen molar-refractivity contribution in [1.82, 2.24) is 0 Å². The largest absolute Gasteiger partial charge is 0.497 e. The van der Waals surface area contributed by atoms with Gasteiger partial charge in [0.15, 0.2) is 6.54 Å². The third-order valence-corrected chi connectivity index (χ3v) is 4.77. The molecule has 1 amide bonds. The number of carbonyl (C=O) groups is 1. The molecule has 28 heavy (non-hydrogen) atoms. The summed E-state index contributed by atoms with van der Waals surface area (Å²) in [6.07, 6.45) is 0. The number of likely N-dealkylation sites (N-methyl/N-ethyl adjacent to an activating group) is 1. The van der Waals surface area contributed by atoms with Gasteiger partial charge >= 0.3 is 0 Å². The second-order valence-electron chi connectivity index (χ2n) is 6.71. The number of fused-ring (bicyclic) bond motifs is 1. The van der Waals surface area contributed by atoms with Gasteiger partial charge in [-0.2, -0.15) is 5.26 Å². The maximum Gasteiger partial charge on any atom is 0.279 e. The maximum absolute atomic E-state index is 12.3. The van der Waals surface area contributed by atoms with Crippen LogP contribution in [0.15, 0.2) is 54.6 Å². The molecule has 5 nitrogen and oxygen atoms in total.